The molecule has 0 saturated carbocycles. The van der Waals surface area contributed by atoms with E-state index >= 15 is 0 Å². The summed E-state index contributed by atoms with van der Waals surface area (Å²) >= 11 is 0. The van der Waals surface area contributed by atoms with E-state index in [-0.39, 0.29) is 18.2 Å². The molecule has 0 aromatic rings. The fourth-order valence-electron chi connectivity index (χ4n) is 2.70. The van der Waals surface area contributed by atoms with Crippen molar-refractivity contribution >= 4 is 28.5 Å². The zero-order valence-corrected chi connectivity index (χ0v) is 17.1. The van der Waals surface area contributed by atoms with Crippen molar-refractivity contribution in [1.82, 2.24) is 9.42 Å². The van der Waals surface area contributed by atoms with Crippen molar-refractivity contribution in [1.29, 1.82) is 0 Å². The van der Waals surface area contributed by atoms with Crippen LogP contribution in [0.1, 0.15) is 26.7 Å². The normalized spacial score (nSPS) is 22.0. The summed E-state index contributed by atoms with van der Waals surface area (Å²) in [5, 5.41) is 0.254. The summed E-state index contributed by atoms with van der Waals surface area (Å²) in [5.74, 6) is 0. The van der Waals surface area contributed by atoms with E-state index in [1.807, 2.05) is 0 Å². The van der Waals surface area contributed by atoms with Gasteiger partial charge in [-0.2, -0.15) is 0 Å². The lowest BCUT2D eigenvalue weighted by atomic mass is 9.74. The minimum atomic E-state index is -4.21. The van der Waals surface area contributed by atoms with Crippen LogP contribution in [0.2, 0.25) is 0 Å². The molecule has 2 atom stereocenters. The first-order chi connectivity index (χ1) is 13.0. The highest BCUT2D eigenvalue weighted by Gasteiger charge is 2.49. The Morgan fingerprint density at radius 1 is 1.25 bits per heavy atom. The van der Waals surface area contributed by atoms with Gasteiger partial charge in [0.15, 0.2) is 0 Å². The minimum Gasteiger partial charge on any atom is -0.444 e. The molecule has 9 nitrogen and oxygen atoms in total. The van der Waals surface area contributed by atoms with Crippen LogP contribution in [0.5, 0.6) is 0 Å². The first-order valence-electron chi connectivity index (χ1n) is 8.50. The maximum atomic E-state index is 12.6. The molecule has 0 heterocycles. The van der Waals surface area contributed by atoms with Crippen LogP contribution in [-0.4, -0.2) is 61.8 Å². The van der Waals surface area contributed by atoms with Crippen LogP contribution in [0.4, 0.5) is 9.59 Å². The van der Waals surface area contributed by atoms with Gasteiger partial charge in [-0.1, -0.05) is 48.3 Å². The summed E-state index contributed by atoms with van der Waals surface area (Å²) in [6.07, 6.45) is 3.89. The molecular weight excluding hydrogens is 388 g/mol. The molecule has 0 N–H and O–H groups in total. The number of imide groups is 1. The molecule has 0 unspecified atom stereocenters. The molecule has 1 aliphatic carbocycles. The zero-order valence-electron chi connectivity index (χ0n) is 16.3. The summed E-state index contributed by atoms with van der Waals surface area (Å²) in [4.78, 5) is 36.9. The van der Waals surface area contributed by atoms with Gasteiger partial charge >= 0.3 is 12.2 Å². The number of carbonyl (C=O) groups excluding carboxylic acids is 3. The molecule has 10 heteroatoms. The van der Waals surface area contributed by atoms with E-state index in [4.69, 9.17) is 9.47 Å². The molecule has 1 aliphatic rings. The average molecular weight is 414 g/mol. The first-order valence-corrected chi connectivity index (χ1v) is 10.3. The monoisotopic (exact) mass is 414 g/mol. The highest BCUT2D eigenvalue weighted by molar-refractivity contribution is 7.88. The standard InChI is InChI=1S/C18H26N2O7S/c1-6-10-26-16(22)19(17(23)27-11-7-2)20(28(5,24)25)15-12-14(3)8-9-18(15,4)13-21/h6-7,12-13,15H,1-2,8-11H2,3-5H3/t15-,18-/m0/s1. The van der Waals surface area contributed by atoms with Crippen LogP contribution in [0.3, 0.4) is 0 Å². The van der Waals surface area contributed by atoms with Crippen LogP contribution < -0.4 is 0 Å². The maximum absolute atomic E-state index is 12.6. The van der Waals surface area contributed by atoms with E-state index in [0.717, 1.165) is 11.8 Å². The van der Waals surface area contributed by atoms with Gasteiger partial charge in [-0.05, 0) is 19.8 Å². The quantitative estimate of drug-likeness (QED) is 0.341. The number of hydrogen-bond acceptors (Lipinski definition) is 7. The number of nitrogens with zero attached hydrogens (tertiary/aromatic N) is 2. The Balaban J connectivity index is 3.57. The van der Waals surface area contributed by atoms with Crippen molar-refractivity contribution in [3.05, 3.63) is 37.0 Å². The molecule has 0 radical (unpaired) electrons. The van der Waals surface area contributed by atoms with Crippen molar-refractivity contribution in [3.8, 4) is 0 Å². The van der Waals surface area contributed by atoms with Gasteiger partial charge in [-0.25, -0.2) is 18.0 Å². The van der Waals surface area contributed by atoms with Crippen molar-refractivity contribution in [2.45, 2.75) is 32.7 Å². The second kappa shape index (κ2) is 9.65. The Labute approximate surface area is 165 Å². The van der Waals surface area contributed by atoms with Crippen molar-refractivity contribution in [2.24, 2.45) is 5.41 Å². The lowest BCUT2D eigenvalue weighted by Gasteiger charge is -2.43. The maximum Gasteiger partial charge on any atom is 0.435 e. The van der Waals surface area contributed by atoms with E-state index in [2.05, 4.69) is 13.2 Å². The van der Waals surface area contributed by atoms with Gasteiger partial charge in [0.05, 0.1) is 12.3 Å². The van der Waals surface area contributed by atoms with E-state index in [0.29, 0.717) is 23.5 Å². The predicted molar refractivity (Wildman–Crippen MR) is 103 cm³/mol. The fraction of sp³-hybridized carbons (Fsp3) is 0.500. The number of hydrazine groups is 1. The molecule has 0 aliphatic heterocycles. The largest absolute Gasteiger partial charge is 0.444 e. The van der Waals surface area contributed by atoms with Crippen LogP contribution in [0.25, 0.3) is 0 Å². The van der Waals surface area contributed by atoms with Crippen LogP contribution in [0, 0.1) is 5.41 Å². The summed E-state index contributed by atoms with van der Waals surface area (Å²) in [5.41, 5.74) is -0.352. The molecular formula is C18H26N2O7S. The summed E-state index contributed by atoms with van der Waals surface area (Å²) in [6, 6.07) is -1.12. The van der Waals surface area contributed by atoms with Crippen LogP contribution in [0.15, 0.2) is 37.0 Å². The third-order valence-electron chi connectivity index (χ3n) is 4.22. The zero-order chi connectivity index (χ0) is 21.5. The van der Waals surface area contributed by atoms with E-state index < -0.39 is 33.7 Å². The number of ether oxygens (including phenoxy) is 2. The molecule has 0 saturated heterocycles. The van der Waals surface area contributed by atoms with Crippen molar-refractivity contribution in [2.75, 3.05) is 19.5 Å². The number of hydrogen-bond donors (Lipinski definition) is 0. The lowest BCUT2D eigenvalue weighted by Crippen LogP contribution is -2.61. The molecule has 0 aromatic carbocycles. The Kier molecular flexibility index (Phi) is 8.13. The number of rotatable bonds is 8. The van der Waals surface area contributed by atoms with Gasteiger partial charge in [0, 0.05) is 5.41 Å². The molecule has 0 aromatic heterocycles. The number of sulfonamides is 1. The highest BCUT2D eigenvalue weighted by atomic mass is 32.2. The molecule has 0 bridgehead atoms. The van der Waals surface area contributed by atoms with Gasteiger partial charge in [0.1, 0.15) is 19.5 Å². The number of aldehydes is 1. The topological polar surface area (TPSA) is 110 Å². The minimum absolute atomic E-state index is 0.254. The average Bonchev–Trinajstić information content (AvgIpc) is 2.63. The Bertz CT molecular complexity index is 751. The number of allylic oxidation sites excluding steroid dienone is 1. The van der Waals surface area contributed by atoms with E-state index in [1.54, 1.807) is 19.9 Å². The van der Waals surface area contributed by atoms with Crippen molar-refractivity contribution in [3.63, 3.8) is 0 Å². The van der Waals surface area contributed by atoms with Crippen LogP contribution >= 0.6 is 0 Å². The molecule has 1 rings (SSSR count). The van der Waals surface area contributed by atoms with Gasteiger partial charge in [-0.3, -0.25) is 0 Å². The second-order valence-corrected chi connectivity index (χ2v) is 8.50. The van der Waals surface area contributed by atoms with Crippen LogP contribution in [-0.2, 0) is 24.3 Å². The molecule has 28 heavy (non-hydrogen) atoms. The number of carbonyl (C=O) groups is 3. The van der Waals surface area contributed by atoms with E-state index in [9.17, 15) is 22.8 Å². The highest BCUT2D eigenvalue weighted by Crippen LogP contribution is 2.38. The Morgan fingerprint density at radius 2 is 1.75 bits per heavy atom. The molecule has 2 amide bonds. The predicted octanol–water partition coefficient (Wildman–Crippen LogP) is 2.42. The summed E-state index contributed by atoms with van der Waals surface area (Å²) in [7, 11) is -4.21. The number of amides is 2. The van der Waals surface area contributed by atoms with E-state index in [1.165, 1.54) is 12.2 Å². The fourth-order valence-corrected chi connectivity index (χ4v) is 3.84. The third kappa shape index (κ3) is 5.52. The third-order valence-corrected chi connectivity index (χ3v) is 5.29. The smallest absolute Gasteiger partial charge is 0.435 e. The Morgan fingerprint density at radius 3 is 2.14 bits per heavy atom. The summed E-state index contributed by atoms with van der Waals surface area (Å²) < 4.78 is 35.5. The van der Waals surface area contributed by atoms with Gasteiger partial charge in [0.2, 0.25) is 10.0 Å². The molecule has 156 valence electrons. The summed E-state index contributed by atoms with van der Waals surface area (Å²) in [6.45, 7) is 9.63. The van der Waals surface area contributed by atoms with Gasteiger partial charge < -0.3 is 14.3 Å². The first kappa shape index (κ1) is 23.6. The van der Waals surface area contributed by atoms with Crippen molar-refractivity contribution < 1.29 is 32.3 Å². The molecule has 0 spiro atoms. The van der Waals surface area contributed by atoms with Gasteiger partial charge in [-0.15, -0.1) is 5.01 Å². The second-order valence-electron chi connectivity index (χ2n) is 6.66. The lowest BCUT2D eigenvalue weighted by molar-refractivity contribution is -0.119. The Hall–Kier alpha value is -2.46. The SMILES string of the molecule is C=CCOC(=O)N(C(=O)OCC=C)N([C@H]1C=C(C)CC[C@@]1(C)C=O)S(C)(=O)=O. The van der Waals surface area contributed by atoms with Gasteiger partial charge in [0.25, 0.3) is 0 Å². The molecule has 0 fully saturated rings.